The van der Waals surface area contributed by atoms with E-state index in [1.54, 1.807) is 12.4 Å². The average Bonchev–Trinajstić information content (AvgIpc) is 2.88. The number of imidazole rings is 1. The van der Waals surface area contributed by atoms with Gasteiger partial charge in [0.2, 0.25) is 0 Å². The van der Waals surface area contributed by atoms with Crippen LogP contribution in [0, 0.1) is 5.82 Å². The van der Waals surface area contributed by atoms with Crippen LogP contribution in [0.5, 0.6) is 0 Å². The minimum atomic E-state index is -0.532. The van der Waals surface area contributed by atoms with Crippen LogP contribution in [-0.4, -0.2) is 14.1 Å². The molecule has 0 saturated carbocycles. The standard InChI is InChI=1S/C12H9BrFN3O2/c1-16-3-2-15-11(16)6-17-9-4-7(13)8(14)5-10(9)19-12(17)18/h2-5H,6H2,1H3. The van der Waals surface area contributed by atoms with E-state index >= 15 is 0 Å². The third-order valence-electron chi connectivity index (χ3n) is 2.93. The minimum absolute atomic E-state index is 0.222. The van der Waals surface area contributed by atoms with Crippen molar-refractivity contribution in [2.45, 2.75) is 6.54 Å². The van der Waals surface area contributed by atoms with Crippen LogP contribution in [0.3, 0.4) is 0 Å². The molecule has 3 aromatic rings. The second-order valence-electron chi connectivity index (χ2n) is 4.14. The molecule has 0 unspecified atom stereocenters. The number of fused-ring (bicyclic) bond motifs is 1. The molecule has 0 saturated heterocycles. The highest BCUT2D eigenvalue weighted by Gasteiger charge is 2.14. The number of hydrogen-bond acceptors (Lipinski definition) is 3. The lowest BCUT2D eigenvalue weighted by atomic mass is 10.3. The van der Waals surface area contributed by atoms with Gasteiger partial charge in [0.15, 0.2) is 5.58 Å². The van der Waals surface area contributed by atoms with Crippen molar-refractivity contribution < 1.29 is 8.81 Å². The fraction of sp³-hybridized carbons (Fsp3) is 0.167. The molecule has 0 aliphatic heterocycles. The van der Waals surface area contributed by atoms with E-state index < -0.39 is 11.6 Å². The van der Waals surface area contributed by atoms with Crippen molar-refractivity contribution in [2.75, 3.05) is 0 Å². The molecule has 1 aromatic carbocycles. The summed E-state index contributed by atoms with van der Waals surface area (Å²) in [5, 5.41) is 0. The predicted molar refractivity (Wildman–Crippen MR) is 70.4 cm³/mol. The molecule has 0 bridgehead atoms. The van der Waals surface area contributed by atoms with E-state index in [2.05, 4.69) is 20.9 Å². The van der Waals surface area contributed by atoms with Gasteiger partial charge in [-0.05, 0) is 22.0 Å². The molecule has 0 radical (unpaired) electrons. The maximum Gasteiger partial charge on any atom is 0.420 e. The lowest BCUT2D eigenvalue weighted by Crippen LogP contribution is -2.17. The van der Waals surface area contributed by atoms with Crippen molar-refractivity contribution in [3.8, 4) is 0 Å². The van der Waals surface area contributed by atoms with Gasteiger partial charge in [0.1, 0.15) is 11.6 Å². The van der Waals surface area contributed by atoms with Crippen molar-refractivity contribution in [1.29, 1.82) is 0 Å². The van der Waals surface area contributed by atoms with Gasteiger partial charge in [-0.3, -0.25) is 4.57 Å². The van der Waals surface area contributed by atoms with Crippen LogP contribution in [-0.2, 0) is 13.6 Å². The first-order valence-electron chi connectivity index (χ1n) is 5.51. The molecule has 2 heterocycles. The van der Waals surface area contributed by atoms with Crippen molar-refractivity contribution >= 4 is 27.0 Å². The number of rotatable bonds is 2. The van der Waals surface area contributed by atoms with Crippen molar-refractivity contribution in [3.63, 3.8) is 0 Å². The van der Waals surface area contributed by atoms with E-state index in [0.717, 1.165) is 0 Å². The molecule has 3 rings (SSSR count). The second kappa shape index (κ2) is 4.34. The molecule has 0 spiro atoms. The fourth-order valence-corrected chi connectivity index (χ4v) is 2.23. The van der Waals surface area contributed by atoms with E-state index in [4.69, 9.17) is 4.42 Å². The lowest BCUT2D eigenvalue weighted by molar-refractivity contribution is 0.509. The molecule has 7 heteroatoms. The Morgan fingerprint density at radius 3 is 2.95 bits per heavy atom. The molecule has 2 aromatic heterocycles. The van der Waals surface area contributed by atoms with Crippen LogP contribution in [0.1, 0.15) is 5.82 Å². The monoisotopic (exact) mass is 325 g/mol. The summed E-state index contributed by atoms with van der Waals surface area (Å²) in [4.78, 5) is 16.0. The van der Waals surface area contributed by atoms with Gasteiger partial charge in [-0.2, -0.15) is 0 Å². The van der Waals surface area contributed by atoms with Gasteiger partial charge < -0.3 is 8.98 Å². The van der Waals surface area contributed by atoms with Crippen molar-refractivity contribution in [1.82, 2.24) is 14.1 Å². The molecule has 19 heavy (non-hydrogen) atoms. The summed E-state index contributed by atoms with van der Waals surface area (Å²) < 4.78 is 21.9. The Bertz CT molecular complexity index is 818. The molecular weight excluding hydrogens is 317 g/mol. The van der Waals surface area contributed by atoms with E-state index in [1.165, 1.54) is 16.7 Å². The highest BCUT2D eigenvalue weighted by molar-refractivity contribution is 9.10. The number of halogens is 2. The van der Waals surface area contributed by atoms with Gasteiger partial charge in [-0.25, -0.2) is 14.2 Å². The first kappa shape index (κ1) is 12.2. The molecule has 0 aliphatic carbocycles. The molecule has 0 N–H and O–H groups in total. The van der Waals surface area contributed by atoms with Gasteiger partial charge in [0, 0.05) is 25.5 Å². The lowest BCUT2D eigenvalue weighted by Gasteiger charge is -2.03. The SMILES string of the molecule is Cn1ccnc1Cn1c(=O)oc2cc(F)c(Br)cc21. The summed E-state index contributed by atoms with van der Waals surface area (Å²) in [5.74, 6) is -0.286. The second-order valence-corrected chi connectivity index (χ2v) is 5.00. The molecule has 0 fully saturated rings. The van der Waals surface area contributed by atoms with Crippen LogP contribution >= 0.6 is 15.9 Å². The van der Waals surface area contributed by atoms with E-state index in [0.29, 0.717) is 11.3 Å². The number of oxazole rings is 1. The van der Waals surface area contributed by atoms with Gasteiger partial charge in [0.25, 0.3) is 0 Å². The zero-order valence-electron chi connectivity index (χ0n) is 9.93. The topological polar surface area (TPSA) is 53.0 Å². The third kappa shape index (κ3) is 1.99. The highest BCUT2D eigenvalue weighted by atomic mass is 79.9. The molecular formula is C12H9BrFN3O2. The Morgan fingerprint density at radius 1 is 1.47 bits per heavy atom. The Labute approximate surface area is 115 Å². The summed E-state index contributed by atoms with van der Waals surface area (Å²) in [5.41, 5.74) is 0.751. The highest BCUT2D eigenvalue weighted by Crippen LogP contribution is 2.23. The quantitative estimate of drug-likeness (QED) is 0.726. The van der Waals surface area contributed by atoms with Gasteiger partial charge in [-0.15, -0.1) is 0 Å². The van der Waals surface area contributed by atoms with Crippen LogP contribution in [0.15, 0.2) is 38.2 Å². The maximum absolute atomic E-state index is 13.4. The number of aromatic nitrogens is 3. The summed E-state index contributed by atoms with van der Waals surface area (Å²) in [6.07, 6.45) is 3.44. The zero-order valence-corrected chi connectivity index (χ0v) is 11.5. The zero-order chi connectivity index (χ0) is 13.6. The predicted octanol–water partition coefficient (Wildman–Crippen LogP) is 2.28. The van der Waals surface area contributed by atoms with Gasteiger partial charge in [0.05, 0.1) is 16.5 Å². The molecule has 0 aliphatic rings. The number of aryl methyl sites for hydroxylation is 1. The Balaban J connectivity index is 2.18. The Hall–Kier alpha value is -1.89. The Morgan fingerprint density at radius 2 is 2.26 bits per heavy atom. The van der Waals surface area contributed by atoms with Crippen LogP contribution in [0.2, 0.25) is 0 Å². The fourth-order valence-electron chi connectivity index (χ4n) is 1.90. The van der Waals surface area contributed by atoms with Gasteiger partial charge in [-0.1, -0.05) is 0 Å². The molecule has 5 nitrogen and oxygen atoms in total. The minimum Gasteiger partial charge on any atom is -0.408 e. The van der Waals surface area contributed by atoms with Crippen LogP contribution in [0.4, 0.5) is 4.39 Å². The number of nitrogens with zero attached hydrogens (tertiary/aromatic N) is 3. The van der Waals surface area contributed by atoms with Crippen LogP contribution in [0.25, 0.3) is 11.1 Å². The summed E-state index contributed by atoms with van der Waals surface area (Å²) in [6, 6.07) is 2.72. The molecule has 0 atom stereocenters. The smallest absolute Gasteiger partial charge is 0.408 e. The Kier molecular flexibility index (Phi) is 2.78. The van der Waals surface area contributed by atoms with Crippen molar-refractivity contribution in [2.24, 2.45) is 7.05 Å². The van der Waals surface area contributed by atoms with Crippen LogP contribution < -0.4 is 5.76 Å². The summed E-state index contributed by atoms with van der Waals surface area (Å²) in [6.45, 7) is 0.271. The summed E-state index contributed by atoms with van der Waals surface area (Å²) in [7, 11) is 1.84. The molecule has 98 valence electrons. The number of benzene rings is 1. The largest absolute Gasteiger partial charge is 0.420 e. The normalized spacial score (nSPS) is 11.3. The maximum atomic E-state index is 13.4. The average molecular weight is 326 g/mol. The van der Waals surface area contributed by atoms with Gasteiger partial charge >= 0.3 is 5.76 Å². The van der Waals surface area contributed by atoms with E-state index in [-0.39, 0.29) is 16.6 Å². The number of hydrogen-bond donors (Lipinski definition) is 0. The van der Waals surface area contributed by atoms with E-state index in [1.807, 2.05) is 11.6 Å². The first-order valence-corrected chi connectivity index (χ1v) is 6.30. The van der Waals surface area contributed by atoms with E-state index in [9.17, 15) is 9.18 Å². The summed E-state index contributed by atoms with van der Waals surface area (Å²) >= 11 is 3.10. The third-order valence-corrected chi connectivity index (χ3v) is 3.54. The molecule has 0 amide bonds. The first-order chi connectivity index (χ1) is 9.06. The van der Waals surface area contributed by atoms with Crippen molar-refractivity contribution in [3.05, 3.63) is 51.2 Å².